The normalized spacial score (nSPS) is 12.6. The van der Waals surface area contributed by atoms with E-state index in [9.17, 15) is 9.18 Å². The van der Waals surface area contributed by atoms with Gasteiger partial charge in [0, 0.05) is 11.9 Å². The van der Waals surface area contributed by atoms with Crippen LogP contribution < -0.4 is 5.32 Å². The third kappa shape index (κ3) is 3.95. The maximum Gasteiger partial charge on any atom is 0.254 e. The van der Waals surface area contributed by atoms with Crippen molar-refractivity contribution in [3.05, 3.63) is 34.1 Å². The third-order valence-corrected chi connectivity index (χ3v) is 3.57. The first-order valence-electron chi connectivity index (χ1n) is 5.78. The second-order valence-corrected chi connectivity index (χ2v) is 5.64. The van der Waals surface area contributed by atoms with Crippen molar-refractivity contribution >= 4 is 33.4 Å². The fourth-order valence-electron chi connectivity index (χ4n) is 1.62. The van der Waals surface area contributed by atoms with Gasteiger partial charge in [-0.1, -0.05) is 19.9 Å². The summed E-state index contributed by atoms with van der Waals surface area (Å²) in [5, 5.41) is 2.82. The van der Waals surface area contributed by atoms with Gasteiger partial charge in [-0.3, -0.25) is 4.79 Å². The lowest BCUT2D eigenvalue weighted by atomic mass is 10.0. The molecule has 0 saturated carbocycles. The van der Waals surface area contributed by atoms with E-state index in [0.717, 1.165) is 0 Å². The van der Waals surface area contributed by atoms with Gasteiger partial charge in [0.05, 0.1) is 10.0 Å². The van der Waals surface area contributed by atoms with Crippen LogP contribution in [0.1, 0.15) is 30.6 Å². The van der Waals surface area contributed by atoms with Crippen LogP contribution in [0, 0.1) is 11.7 Å². The number of halogens is 3. The predicted octanol–water partition coefficient (Wildman–Crippen LogP) is 3.97. The number of rotatable bonds is 5. The zero-order valence-corrected chi connectivity index (χ0v) is 12.7. The van der Waals surface area contributed by atoms with Crippen LogP contribution in [-0.4, -0.2) is 17.8 Å². The zero-order valence-electron chi connectivity index (χ0n) is 10.3. The Morgan fingerprint density at radius 3 is 2.72 bits per heavy atom. The van der Waals surface area contributed by atoms with Crippen LogP contribution >= 0.6 is 27.5 Å². The minimum Gasteiger partial charge on any atom is -0.349 e. The van der Waals surface area contributed by atoms with Crippen molar-refractivity contribution in [2.45, 2.75) is 26.3 Å². The first-order valence-corrected chi connectivity index (χ1v) is 7.11. The number of hydrogen-bond donors (Lipinski definition) is 1. The lowest BCUT2D eigenvalue weighted by Gasteiger charge is -2.21. The molecule has 0 fully saturated rings. The third-order valence-electron chi connectivity index (χ3n) is 2.74. The van der Waals surface area contributed by atoms with Gasteiger partial charge in [-0.15, -0.1) is 11.6 Å². The monoisotopic (exact) mass is 335 g/mol. The highest BCUT2D eigenvalue weighted by atomic mass is 79.9. The Labute approximate surface area is 120 Å². The van der Waals surface area contributed by atoms with Crippen LogP contribution in [0.15, 0.2) is 22.7 Å². The Hall–Kier alpha value is -0.610. The van der Waals surface area contributed by atoms with Crippen LogP contribution in [0.4, 0.5) is 4.39 Å². The molecule has 0 aromatic heterocycles. The summed E-state index contributed by atoms with van der Waals surface area (Å²) in [7, 11) is 0. The molecule has 1 rings (SSSR count). The van der Waals surface area contributed by atoms with Gasteiger partial charge in [0.2, 0.25) is 0 Å². The zero-order chi connectivity index (χ0) is 13.7. The predicted molar refractivity (Wildman–Crippen MR) is 75.5 cm³/mol. The summed E-state index contributed by atoms with van der Waals surface area (Å²) in [6.45, 7) is 3.99. The number of hydrogen-bond acceptors (Lipinski definition) is 1. The van der Waals surface area contributed by atoms with Crippen molar-refractivity contribution in [3.63, 3.8) is 0 Å². The highest BCUT2D eigenvalue weighted by Gasteiger charge is 2.19. The van der Waals surface area contributed by atoms with Crippen molar-refractivity contribution in [1.82, 2.24) is 5.32 Å². The molecule has 1 N–H and O–H groups in total. The Morgan fingerprint density at radius 2 is 2.17 bits per heavy atom. The van der Waals surface area contributed by atoms with E-state index in [2.05, 4.69) is 21.2 Å². The van der Waals surface area contributed by atoms with E-state index in [1.165, 1.54) is 6.07 Å². The van der Waals surface area contributed by atoms with Gasteiger partial charge in [0.15, 0.2) is 0 Å². The van der Waals surface area contributed by atoms with Crippen molar-refractivity contribution < 1.29 is 9.18 Å². The average Bonchev–Trinajstić information content (AvgIpc) is 2.31. The molecule has 0 saturated heterocycles. The first kappa shape index (κ1) is 15.4. The summed E-state index contributed by atoms with van der Waals surface area (Å²) in [4.78, 5) is 12.0. The first-order chi connectivity index (χ1) is 8.47. The second kappa shape index (κ2) is 7.10. The molecule has 1 amide bonds. The van der Waals surface area contributed by atoms with E-state index in [1.54, 1.807) is 12.1 Å². The Kier molecular flexibility index (Phi) is 6.09. The minimum atomic E-state index is -0.539. The molecule has 1 aromatic rings. The van der Waals surface area contributed by atoms with E-state index >= 15 is 0 Å². The van der Waals surface area contributed by atoms with Gasteiger partial charge < -0.3 is 5.32 Å². The van der Waals surface area contributed by atoms with Gasteiger partial charge >= 0.3 is 0 Å². The molecule has 0 spiro atoms. The molecule has 0 heterocycles. The number of carbonyl (C=O) groups is 1. The van der Waals surface area contributed by atoms with Crippen LogP contribution in [-0.2, 0) is 0 Å². The summed E-state index contributed by atoms with van der Waals surface area (Å²) < 4.78 is 14.0. The number of carbonyl (C=O) groups excluding carboxylic acids is 1. The van der Waals surface area contributed by atoms with Crippen molar-refractivity contribution in [2.24, 2.45) is 5.92 Å². The summed E-state index contributed by atoms with van der Waals surface area (Å²) in [5.41, 5.74) is 0.0459. The molecule has 0 radical (unpaired) electrons. The second-order valence-electron chi connectivity index (χ2n) is 4.40. The van der Waals surface area contributed by atoms with Crippen LogP contribution in [0.5, 0.6) is 0 Å². The molecule has 2 nitrogen and oxygen atoms in total. The standard InChI is InChI=1S/C13H16BrClFNO/c1-8(2)11(6-7-15)17-13(18)9-4-3-5-10(14)12(9)16/h3-5,8,11H,6-7H2,1-2H3,(H,17,18). The van der Waals surface area contributed by atoms with E-state index in [1.807, 2.05) is 13.8 Å². The summed E-state index contributed by atoms with van der Waals surface area (Å²) in [6, 6.07) is 4.61. The SMILES string of the molecule is CC(C)C(CCCl)NC(=O)c1cccc(Br)c1F. The Morgan fingerprint density at radius 1 is 1.50 bits per heavy atom. The van der Waals surface area contributed by atoms with E-state index in [4.69, 9.17) is 11.6 Å². The van der Waals surface area contributed by atoms with Crippen molar-refractivity contribution in [1.29, 1.82) is 0 Å². The van der Waals surface area contributed by atoms with E-state index in [-0.39, 0.29) is 22.0 Å². The lowest BCUT2D eigenvalue weighted by Crippen LogP contribution is -2.39. The number of nitrogens with one attached hydrogen (secondary N) is 1. The molecule has 1 atom stereocenters. The largest absolute Gasteiger partial charge is 0.349 e. The molecule has 0 bridgehead atoms. The summed E-state index contributed by atoms with van der Waals surface area (Å²) in [6.07, 6.45) is 0.667. The molecule has 0 aliphatic carbocycles. The van der Waals surface area contributed by atoms with Crippen LogP contribution in [0.3, 0.4) is 0 Å². The fourth-order valence-corrected chi connectivity index (χ4v) is 2.22. The molecule has 0 aliphatic heterocycles. The van der Waals surface area contributed by atoms with E-state index < -0.39 is 11.7 Å². The Balaban J connectivity index is 2.84. The number of amides is 1. The molecule has 1 aromatic carbocycles. The summed E-state index contributed by atoms with van der Waals surface area (Å²) >= 11 is 8.76. The lowest BCUT2D eigenvalue weighted by molar-refractivity contribution is 0.0920. The smallest absolute Gasteiger partial charge is 0.254 e. The number of benzene rings is 1. The van der Waals surface area contributed by atoms with Gasteiger partial charge in [0.1, 0.15) is 5.82 Å². The van der Waals surface area contributed by atoms with Crippen molar-refractivity contribution in [3.8, 4) is 0 Å². The molecule has 5 heteroatoms. The van der Waals surface area contributed by atoms with E-state index in [0.29, 0.717) is 12.3 Å². The van der Waals surface area contributed by atoms with Crippen molar-refractivity contribution in [2.75, 3.05) is 5.88 Å². The topological polar surface area (TPSA) is 29.1 Å². The van der Waals surface area contributed by atoms with Gasteiger partial charge in [-0.25, -0.2) is 4.39 Å². The average molecular weight is 337 g/mol. The maximum atomic E-state index is 13.8. The molecule has 1 unspecified atom stereocenters. The molecule has 18 heavy (non-hydrogen) atoms. The van der Waals surface area contributed by atoms with Crippen LogP contribution in [0.2, 0.25) is 0 Å². The van der Waals surface area contributed by atoms with Gasteiger partial charge in [-0.2, -0.15) is 0 Å². The Bertz CT molecular complexity index is 425. The van der Waals surface area contributed by atoms with Crippen LogP contribution in [0.25, 0.3) is 0 Å². The molecule has 0 aliphatic rings. The molecule has 100 valence electrons. The fraction of sp³-hybridized carbons (Fsp3) is 0.462. The van der Waals surface area contributed by atoms with Gasteiger partial charge in [-0.05, 0) is 40.4 Å². The molecular weight excluding hydrogens is 321 g/mol. The number of alkyl halides is 1. The molecular formula is C13H16BrClFNO. The van der Waals surface area contributed by atoms with Gasteiger partial charge in [0.25, 0.3) is 5.91 Å². The summed E-state index contributed by atoms with van der Waals surface area (Å²) in [5.74, 6) is -0.228. The highest BCUT2D eigenvalue weighted by molar-refractivity contribution is 9.10. The highest BCUT2D eigenvalue weighted by Crippen LogP contribution is 2.19. The quantitative estimate of drug-likeness (QED) is 0.810. The minimum absolute atomic E-state index is 0.0459. The maximum absolute atomic E-state index is 13.8.